The lowest BCUT2D eigenvalue weighted by Gasteiger charge is -2.21. The van der Waals surface area contributed by atoms with E-state index in [0.29, 0.717) is 29.4 Å². The van der Waals surface area contributed by atoms with Crippen LogP contribution in [0.4, 0.5) is 5.69 Å². The predicted molar refractivity (Wildman–Crippen MR) is 84.4 cm³/mol. The summed E-state index contributed by atoms with van der Waals surface area (Å²) in [6, 6.07) is 11.7. The number of benzene rings is 2. The summed E-state index contributed by atoms with van der Waals surface area (Å²) in [5, 5.41) is 9.85. The molecule has 0 heterocycles. The molecule has 0 aliphatic heterocycles. The van der Waals surface area contributed by atoms with Crippen molar-refractivity contribution in [2.45, 2.75) is 13.5 Å². The Morgan fingerprint density at radius 2 is 1.90 bits per heavy atom. The maximum absolute atomic E-state index is 12.5. The van der Waals surface area contributed by atoms with Gasteiger partial charge in [-0.3, -0.25) is 4.79 Å². The molecular formula is C16H17ClN2O2. The summed E-state index contributed by atoms with van der Waals surface area (Å²) in [5.41, 5.74) is 7.62. The van der Waals surface area contributed by atoms with Crippen molar-refractivity contribution < 1.29 is 9.90 Å². The van der Waals surface area contributed by atoms with Crippen LogP contribution in [-0.4, -0.2) is 22.5 Å². The summed E-state index contributed by atoms with van der Waals surface area (Å²) >= 11 is 6.04. The third-order valence-corrected chi connectivity index (χ3v) is 3.53. The van der Waals surface area contributed by atoms with Crippen molar-refractivity contribution in [3.05, 3.63) is 58.6 Å². The molecule has 2 aromatic rings. The van der Waals surface area contributed by atoms with E-state index in [1.165, 1.54) is 18.2 Å². The molecule has 110 valence electrons. The van der Waals surface area contributed by atoms with Gasteiger partial charge < -0.3 is 15.7 Å². The van der Waals surface area contributed by atoms with Gasteiger partial charge in [0.1, 0.15) is 5.75 Å². The summed E-state index contributed by atoms with van der Waals surface area (Å²) in [6.45, 7) is 2.89. The van der Waals surface area contributed by atoms with Gasteiger partial charge >= 0.3 is 0 Å². The van der Waals surface area contributed by atoms with Gasteiger partial charge in [0.2, 0.25) is 0 Å². The summed E-state index contributed by atoms with van der Waals surface area (Å²) in [4.78, 5) is 14.2. The lowest BCUT2D eigenvalue weighted by Crippen LogP contribution is -2.30. The molecule has 3 N–H and O–H groups in total. The molecule has 0 radical (unpaired) electrons. The number of nitrogens with zero attached hydrogens (tertiary/aromatic N) is 1. The highest BCUT2D eigenvalue weighted by atomic mass is 35.5. The van der Waals surface area contributed by atoms with E-state index in [4.69, 9.17) is 17.3 Å². The normalized spacial score (nSPS) is 10.4. The molecule has 2 aromatic carbocycles. The zero-order valence-electron chi connectivity index (χ0n) is 11.7. The van der Waals surface area contributed by atoms with Crippen molar-refractivity contribution in [2.75, 3.05) is 12.3 Å². The van der Waals surface area contributed by atoms with E-state index in [1.807, 2.05) is 19.1 Å². The monoisotopic (exact) mass is 304 g/mol. The quantitative estimate of drug-likeness (QED) is 0.852. The number of carbonyl (C=O) groups excluding carboxylic acids is 1. The van der Waals surface area contributed by atoms with E-state index in [-0.39, 0.29) is 11.7 Å². The zero-order chi connectivity index (χ0) is 15.4. The largest absolute Gasteiger partial charge is 0.508 e. The molecule has 0 aromatic heterocycles. The molecule has 21 heavy (non-hydrogen) atoms. The fraction of sp³-hybridized carbons (Fsp3) is 0.188. The summed E-state index contributed by atoms with van der Waals surface area (Å²) < 4.78 is 0. The number of anilines is 1. The van der Waals surface area contributed by atoms with Crippen LogP contribution in [0.3, 0.4) is 0 Å². The van der Waals surface area contributed by atoms with Crippen molar-refractivity contribution in [3.63, 3.8) is 0 Å². The van der Waals surface area contributed by atoms with E-state index in [1.54, 1.807) is 17.0 Å². The van der Waals surface area contributed by atoms with Gasteiger partial charge in [-0.2, -0.15) is 0 Å². The molecule has 1 amide bonds. The molecule has 5 heteroatoms. The first-order valence-electron chi connectivity index (χ1n) is 6.63. The summed E-state index contributed by atoms with van der Waals surface area (Å²) in [6.07, 6.45) is 0. The van der Waals surface area contributed by atoms with Gasteiger partial charge in [-0.15, -0.1) is 0 Å². The number of nitrogen functional groups attached to an aromatic ring is 1. The predicted octanol–water partition coefficient (Wildman–Crippen LogP) is 3.29. The molecule has 0 unspecified atom stereocenters. The fourth-order valence-electron chi connectivity index (χ4n) is 2.02. The van der Waals surface area contributed by atoms with E-state index < -0.39 is 0 Å². The Bertz CT molecular complexity index is 641. The topological polar surface area (TPSA) is 66.6 Å². The third kappa shape index (κ3) is 3.67. The summed E-state index contributed by atoms with van der Waals surface area (Å²) in [7, 11) is 0. The molecule has 0 aliphatic rings. The minimum absolute atomic E-state index is 0.0197. The average Bonchev–Trinajstić information content (AvgIpc) is 2.48. The number of nitrogens with two attached hydrogens (primary N) is 1. The number of phenolic OH excluding ortho intramolecular Hbond substituents is 1. The van der Waals surface area contributed by atoms with Crippen molar-refractivity contribution >= 4 is 23.2 Å². The number of rotatable bonds is 4. The molecular weight excluding hydrogens is 288 g/mol. The van der Waals surface area contributed by atoms with Gasteiger partial charge in [-0.05, 0) is 42.8 Å². The van der Waals surface area contributed by atoms with Crippen LogP contribution in [0.15, 0.2) is 42.5 Å². The number of hydrogen-bond donors (Lipinski definition) is 2. The first kappa shape index (κ1) is 15.2. The maximum atomic E-state index is 12.5. The molecule has 0 saturated carbocycles. The van der Waals surface area contributed by atoms with Crippen LogP contribution in [0.1, 0.15) is 22.8 Å². The van der Waals surface area contributed by atoms with Crippen LogP contribution in [0.5, 0.6) is 5.75 Å². The Balaban J connectivity index is 2.22. The Labute approximate surface area is 128 Å². The van der Waals surface area contributed by atoms with Crippen molar-refractivity contribution in [1.29, 1.82) is 0 Å². The number of carbonyl (C=O) groups is 1. The first-order chi connectivity index (χ1) is 10.0. The second-order valence-corrected chi connectivity index (χ2v) is 5.13. The highest BCUT2D eigenvalue weighted by Gasteiger charge is 2.18. The number of hydrogen-bond acceptors (Lipinski definition) is 3. The highest BCUT2D eigenvalue weighted by Crippen LogP contribution is 2.23. The highest BCUT2D eigenvalue weighted by molar-refractivity contribution is 6.33. The van der Waals surface area contributed by atoms with Crippen LogP contribution < -0.4 is 5.73 Å². The number of aromatic hydroxyl groups is 1. The van der Waals surface area contributed by atoms with Gasteiger partial charge in [-0.1, -0.05) is 23.7 Å². The van der Waals surface area contributed by atoms with E-state index in [9.17, 15) is 9.90 Å². The van der Waals surface area contributed by atoms with Crippen LogP contribution >= 0.6 is 11.6 Å². The van der Waals surface area contributed by atoms with Crippen LogP contribution in [-0.2, 0) is 6.54 Å². The summed E-state index contributed by atoms with van der Waals surface area (Å²) in [5.74, 6) is -0.193. The Morgan fingerprint density at radius 3 is 2.52 bits per heavy atom. The minimum atomic E-state index is -0.213. The molecule has 0 bridgehead atoms. The van der Waals surface area contributed by atoms with Crippen LogP contribution in [0.2, 0.25) is 5.02 Å². The second-order valence-electron chi connectivity index (χ2n) is 4.73. The van der Waals surface area contributed by atoms with Gasteiger partial charge in [0.25, 0.3) is 5.91 Å². The van der Waals surface area contributed by atoms with Crippen molar-refractivity contribution in [3.8, 4) is 5.75 Å². The second kappa shape index (κ2) is 6.50. The standard InChI is InChI=1S/C16H17ClN2O2/c1-2-19(10-11-3-5-12(18)6-4-11)16(21)14-9-13(20)7-8-15(14)17/h3-9,20H,2,10,18H2,1H3. The molecule has 0 atom stereocenters. The number of amides is 1. The van der Waals surface area contributed by atoms with Gasteiger partial charge in [0.15, 0.2) is 0 Å². The van der Waals surface area contributed by atoms with Gasteiger partial charge in [0, 0.05) is 18.8 Å². The lowest BCUT2D eigenvalue weighted by molar-refractivity contribution is 0.0752. The van der Waals surface area contributed by atoms with Crippen molar-refractivity contribution in [2.24, 2.45) is 0 Å². The first-order valence-corrected chi connectivity index (χ1v) is 7.01. The fourth-order valence-corrected chi connectivity index (χ4v) is 2.22. The van der Waals surface area contributed by atoms with E-state index >= 15 is 0 Å². The van der Waals surface area contributed by atoms with Crippen LogP contribution in [0.25, 0.3) is 0 Å². The Morgan fingerprint density at radius 1 is 1.24 bits per heavy atom. The smallest absolute Gasteiger partial charge is 0.255 e. The zero-order valence-corrected chi connectivity index (χ0v) is 12.5. The Kier molecular flexibility index (Phi) is 4.70. The molecule has 4 nitrogen and oxygen atoms in total. The average molecular weight is 305 g/mol. The molecule has 0 saturated heterocycles. The van der Waals surface area contributed by atoms with Crippen molar-refractivity contribution in [1.82, 2.24) is 4.90 Å². The maximum Gasteiger partial charge on any atom is 0.255 e. The van der Waals surface area contributed by atoms with E-state index in [2.05, 4.69) is 0 Å². The van der Waals surface area contributed by atoms with E-state index in [0.717, 1.165) is 5.56 Å². The minimum Gasteiger partial charge on any atom is -0.508 e. The van der Waals surface area contributed by atoms with Gasteiger partial charge in [0.05, 0.1) is 10.6 Å². The lowest BCUT2D eigenvalue weighted by atomic mass is 10.1. The third-order valence-electron chi connectivity index (χ3n) is 3.20. The molecule has 0 fully saturated rings. The Hall–Kier alpha value is -2.20. The number of phenols is 1. The SMILES string of the molecule is CCN(Cc1ccc(N)cc1)C(=O)c1cc(O)ccc1Cl. The van der Waals surface area contributed by atoms with Gasteiger partial charge in [-0.25, -0.2) is 0 Å². The number of halogens is 1. The molecule has 0 aliphatic carbocycles. The molecule has 0 spiro atoms. The van der Waals surface area contributed by atoms with Crippen LogP contribution in [0, 0.1) is 0 Å². The molecule has 2 rings (SSSR count).